The van der Waals surface area contributed by atoms with Crippen LogP contribution in [0.25, 0.3) is 0 Å². The molecular weight excluding hydrogens is 128 g/mol. The minimum absolute atomic E-state index is 0. The summed E-state index contributed by atoms with van der Waals surface area (Å²) >= 11 is 0. The maximum absolute atomic E-state index is 8.41. The summed E-state index contributed by atoms with van der Waals surface area (Å²) < 4.78 is 4.85. The Balaban J connectivity index is -0.000000245. The van der Waals surface area contributed by atoms with E-state index in [1.54, 1.807) is 7.11 Å². The van der Waals surface area contributed by atoms with Crippen LogP contribution < -0.4 is 0 Å². The van der Waals surface area contributed by atoms with Crippen molar-refractivity contribution in [1.29, 1.82) is 0 Å². The van der Waals surface area contributed by atoms with E-state index in [0.717, 1.165) is 13.0 Å². The highest BCUT2D eigenvalue weighted by Gasteiger charge is 1.97. The molecule has 0 bridgehead atoms. The summed E-state index contributed by atoms with van der Waals surface area (Å²) in [6.45, 7) is 3.07. The summed E-state index contributed by atoms with van der Waals surface area (Å²) in [6.07, 6.45) is 0.841. The Morgan fingerprint density at radius 3 is 2.20 bits per heavy atom. The lowest BCUT2D eigenvalue weighted by molar-refractivity contribution is 0.141. The first-order chi connectivity index (χ1) is 3.81. The predicted octanol–water partition coefficient (Wildman–Crippen LogP) is 1.92. The molecule has 0 rings (SSSR count). The van der Waals surface area contributed by atoms with Gasteiger partial charge >= 0.3 is 0 Å². The van der Waals surface area contributed by atoms with Gasteiger partial charge in [0.2, 0.25) is 0 Å². The molecule has 0 aromatic heterocycles. The van der Waals surface area contributed by atoms with Crippen LogP contribution in [0.1, 0.15) is 28.2 Å². The first-order valence-corrected chi connectivity index (χ1v) is 2.91. The lowest BCUT2D eigenvalue weighted by Gasteiger charge is -2.05. The molecule has 10 heavy (non-hydrogen) atoms. The Labute approximate surface area is 65.2 Å². The van der Waals surface area contributed by atoms with E-state index >= 15 is 0 Å². The minimum Gasteiger partial charge on any atom is -0.396 e. The Kier molecular flexibility index (Phi) is 19.3. The van der Waals surface area contributed by atoms with Gasteiger partial charge in [-0.25, -0.2) is 0 Å². The van der Waals surface area contributed by atoms with Crippen LogP contribution in [0, 0.1) is 5.92 Å². The van der Waals surface area contributed by atoms with E-state index in [9.17, 15) is 0 Å². The van der Waals surface area contributed by atoms with Crippen molar-refractivity contribution in [3.05, 3.63) is 0 Å². The summed E-state index contributed by atoms with van der Waals surface area (Å²) in [7, 11) is 1.67. The lowest BCUT2D eigenvalue weighted by atomic mass is 10.1. The molecule has 0 aliphatic heterocycles. The Bertz CT molecular complexity index is 40.5. The van der Waals surface area contributed by atoms with Crippen LogP contribution in [-0.4, -0.2) is 25.4 Å². The van der Waals surface area contributed by atoms with Gasteiger partial charge in [0.1, 0.15) is 0 Å². The Hall–Kier alpha value is -0.0800. The molecule has 0 saturated heterocycles. The molecule has 66 valence electrons. The fourth-order valence-corrected chi connectivity index (χ4v) is 0.588. The second kappa shape index (κ2) is 11.7. The zero-order valence-corrected chi connectivity index (χ0v) is 5.55. The monoisotopic (exact) mass is 150 g/mol. The molecule has 0 fully saturated rings. The van der Waals surface area contributed by atoms with Crippen molar-refractivity contribution in [3.63, 3.8) is 0 Å². The molecule has 0 radical (unpaired) electrons. The number of methoxy groups -OCH3 is 1. The molecule has 0 heterocycles. The third kappa shape index (κ3) is 10.8. The van der Waals surface area contributed by atoms with Crippen molar-refractivity contribution < 1.29 is 9.84 Å². The second-order valence-electron chi connectivity index (χ2n) is 2.07. The molecule has 1 unspecified atom stereocenters. The fraction of sp³-hybridized carbons (Fsp3) is 1.00. The number of rotatable bonds is 4. The molecule has 0 spiro atoms. The SMILES string of the molecule is C.C.COCC(C)CCO. The average molecular weight is 150 g/mol. The molecule has 0 aliphatic carbocycles. The van der Waals surface area contributed by atoms with Crippen molar-refractivity contribution in [2.24, 2.45) is 5.92 Å². The van der Waals surface area contributed by atoms with Gasteiger partial charge in [-0.1, -0.05) is 21.8 Å². The van der Waals surface area contributed by atoms with Crippen LogP contribution in [0.5, 0.6) is 0 Å². The molecule has 2 heteroatoms. The van der Waals surface area contributed by atoms with Crippen molar-refractivity contribution in [1.82, 2.24) is 0 Å². The average Bonchev–Trinajstić information content (AvgIpc) is 1.68. The van der Waals surface area contributed by atoms with Crippen molar-refractivity contribution in [3.8, 4) is 0 Å². The number of hydrogen-bond donors (Lipinski definition) is 1. The molecular formula is C8H22O2. The molecule has 2 nitrogen and oxygen atoms in total. The second-order valence-corrected chi connectivity index (χ2v) is 2.07. The zero-order chi connectivity index (χ0) is 6.41. The first kappa shape index (κ1) is 16.5. The molecule has 1 atom stereocenters. The maximum Gasteiger partial charge on any atom is 0.0488 e. The highest BCUT2D eigenvalue weighted by molar-refractivity contribution is 4.47. The molecule has 1 N–H and O–H groups in total. The summed E-state index contributed by atoms with van der Waals surface area (Å²) in [5, 5.41) is 8.41. The van der Waals surface area contributed by atoms with Gasteiger partial charge in [-0.15, -0.1) is 0 Å². The molecule has 0 aromatic carbocycles. The topological polar surface area (TPSA) is 29.5 Å². The largest absolute Gasteiger partial charge is 0.396 e. The van der Waals surface area contributed by atoms with Gasteiger partial charge in [-0.05, 0) is 12.3 Å². The van der Waals surface area contributed by atoms with Gasteiger partial charge in [-0.3, -0.25) is 0 Å². The lowest BCUT2D eigenvalue weighted by Crippen LogP contribution is -2.04. The van der Waals surface area contributed by atoms with Gasteiger partial charge in [0.15, 0.2) is 0 Å². The highest BCUT2D eigenvalue weighted by atomic mass is 16.5. The number of ether oxygens (including phenoxy) is 1. The van der Waals surface area contributed by atoms with Gasteiger partial charge in [-0.2, -0.15) is 0 Å². The molecule has 0 aliphatic rings. The smallest absolute Gasteiger partial charge is 0.0488 e. The summed E-state index contributed by atoms with van der Waals surface area (Å²) in [6, 6.07) is 0. The Morgan fingerprint density at radius 1 is 1.40 bits per heavy atom. The standard InChI is InChI=1S/C6H14O2.2CH4/c1-6(3-4-7)5-8-2;;/h6-7H,3-5H2,1-2H3;2*1H4. The highest BCUT2D eigenvalue weighted by Crippen LogP contribution is 1.98. The normalized spacial score (nSPS) is 11.1. The van der Waals surface area contributed by atoms with Crippen LogP contribution in [0.4, 0.5) is 0 Å². The van der Waals surface area contributed by atoms with E-state index in [1.165, 1.54) is 0 Å². The predicted molar refractivity (Wildman–Crippen MR) is 46.2 cm³/mol. The van der Waals surface area contributed by atoms with Crippen LogP contribution >= 0.6 is 0 Å². The van der Waals surface area contributed by atoms with E-state index in [0.29, 0.717) is 5.92 Å². The van der Waals surface area contributed by atoms with Gasteiger partial charge in [0.25, 0.3) is 0 Å². The van der Waals surface area contributed by atoms with Gasteiger partial charge in [0, 0.05) is 20.3 Å². The maximum atomic E-state index is 8.41. The number of aliphatic hydroxyl groups is 1. The molecule has 0 amide bonds. The summed E-state index contributed by atoms with van der Waals surface area (Å²) in [5.41, 5.74) is 0. The summed E-state index contributed by atoms with van der Waals surface area (Å²) in [4.78, 5) is 0. The van der Waals surface area contributed by atoms with Gasteiger partial charge < -0.3 is 9.84 Å². The van der Waals surface area contributed by atoms with Crippen LogP contribution in [0.3, 0.4) is 0 Å². The van der Waals surface area contributed by atoms with Crippen LogP contribution in [-0.2, 0) is 4.74 Å². The van der Waals surface area contributed by atoms with Crippen LogP contribution in [0.15, 0.2) is 0 Å². The Morgan fingerprint density at radius 2 is 1.90 bits per heavy atom. The molecule has 0 aromatic rings. The minimum atomic E-state index is 0. The number of hydrogen-bond acceptors (Lipinski definition) is 2. The first-order valence-electron chi connectivity index (χ1n) is 2.91. The quantitative estimate of drug-likeness (QED) is 0.663. The van der Waals surface area contributed by atoms with Crippen LogP contribution in [0.2, 0.25) is 0 Å². The number of aliphatic hydroxyl groups excluding tert-OH is 1. The molecule has 0 saturated carbocycles. The van der Waals surface area contributed by atoms with Crippen molar-refractivity contribution >= 4 is 0 Å². The van der Waals surface area contributed by atoms with E-state index < -0.39 is 0 Å². The zero-order valence-electron chi connectivity index (χ0n) is 5.55. The van der Waals surface area contributed by atoms with E-state index in [1.807, 2.05) is 0 Å². The van der Waals surface area contributed by atoms with E-state index in [-0.39, 0.29) is 21.5 Å². The van der Waals surface area contributed by atoms with E-state index in [4.69, 9.17) is 9.84 Å². The van der Waals surface area contributed by atoms with Crippen molar-refractivity contribution in [2.75, 3.05) is 20.3 Å². The third-order valence-corrected chi connectivity index (χ3v) is 1.07. The summed E-state index contributed by atoms with van der Waals surface area (Å²) in [5.74, 6) is 0.491. The fourth-order valence-electron chi connectivity index (χ4n) is 0.588. The van der Waals surface area contributed by atoms with E-state index in [2.05, 4.69) is 6.92 Å². The van der Waals surface area contributed by atoms with Crippen molar-refractivity contribution in [2.45, 2.75) is 28.2 Å². The third-order valence-electron chi connectivity index (χ3n) is 1.07. The van der Waals surface area contributed by atoms with Gasteiger partial charge in [0.05, 0.1) is 0 Å².